The van der Waals surface area contributed by atoms with Crippen molar-refractivity contribution in [3.63, 3.8) is 0 Å². The van der Waals surface area contributed by atoms with Gasteiger partial charge in [0.2, 0.25) is 0 Å². The van der Waals surface area contributed by atoms with E-state index in [1.165, 1.54) is 0 Å². The molecule has 0 radical (unpaired) electrons. The Morgan fingerprint density at radius 2 is 2.24 bits per heavy atom. The number of aromatic nitrogens is 1. The van der Waals surface area contributed by atoms with Gasteiger partial charge in [-0.05, 0) is 30.2 Å². The summed E-state index contributed by atoms with van der Waals surface area (Å²) in [4.78, 5) is 4.08. The van der Waals surface area contributed by atoms with Crippen molar-refractivity contribution in [3.05, 3.63) is 71.7 Å². The molecule has 0 aromatic carbocycles. The second-order valence-corrected chi connectivity index (χ2v) is 3.94. The van der Waals surface area contributed by atoms with Crippen LogP contribution in [0.15, 0.2) is 66.1 Å². The highest BCUT2D eigenvalue weighted by molar-refractivity contribution is 5.76. The Kier molecular flexibility index (Phi) is 2.29. The summed E-state index contributed by atoms with van der Waals surface area (Å²) in [5.74, 6) is 0.980. The van der Waals surface area contributed by atoms with Crippen LogP contribution in [-0.2, 0) is 4.74 Å². The SMILES string of the molecule is OC1=CCC2=CC(c3cccnc3)=COC2=C1. The average Bonchev–Trinajstić information content (AvgIpc) is 2.39. The van der Waals surface area contributed by atoms with Gasteiger partial charge in [0.25, 0.3) is 0 Å². The molecule has 1 aromatic heterocycles. The van der Waals surface area contributed by atoms with Crippen molar-refractivity contribution in [1.82, 2.24) is 4.98 Å². The zero-order valence-electron chi connectivity index (χ0n) is 9.13. The molecule has 3 rings (SSSR count). The highest BCUT2D eigenvalue weighted by atomic mass is 16.5. The Hall–Kier alpha value is -2.29. The monoisotopic (exact) mass is 225 g/mol. The number of aliphatic hydroxyl groups is 1. The normalized spacial score (nSPS) is 18.1. The predicted octanol–water partition coefficient (Wildman–Crippen LogP) is 3.11. The van der Waals surface area contributed by atoms with Crippen molar-refractivity contribution in [2.45, 2.75) is 6.42 Å². The van der Waals surface area contributed by atoms with Gasteiger partial charge in [0.05, 0.1) is 6.26 Å². The molecular weight excluding hydrogens is 214 g/mol. The van der Waals surface area contributed by atoms with Gasteiger partial charge in [0.1, 0.15) is 11.5 Å². The molecule has 1 aliphatic carbocycles. The summed E-state index contributed by atoms with van der Waals surface area (Å²) in [7, 11) is 0. The zero-order chi connectivity index (χ0) is 11.7. The van der Waals surface area contributed by atoms with E-state index in [2.05, 4.69) is 11.1 Å². The predicted molar refractivity (Wildman–Crippen MR) is 64.8 cm³/mol. The van der Waals surface area contributed by atoms with E-state index in [0.717, 1.165) is 22.5 Å². The topological polar surface area (TPSA) is 42.4 Å². The molecule has 1 N–H and O–H groups in total. The van der Waals surface area contributed by atoms with Gasteiger partial charge in [-0.1, -0.05) is 6.07 Å². The number of aliphatic hydroxyl groups excluding tert-OH is 1. The van der Waals surface area contributed by atoms with Gasteiger partial charge in [0.15, 0.2) is 0 Å². The van der Waals surface area contributed by atoms with Crippen molar-refractivity contribution >= 4 is 5.57 Å². The summed E-state index contributed by atoms with van der Waals surface area (Å²) in [5.41, 5.74) is 3.10. The molecule has 0 spiro atoms. The van der Waals surface area contributed by atoms with Crippen molar-refractivity contribution in [2.24, 2.45) is 0 Å². The number of allylic oxidation sites excluding steroid dienone is 5. The largest absolute Gasteiger partial charge is 0.508 e. The third kappa shape index (κ3) is 1.87. The van der Waals surface area contributed by atoms with E-state index in [-0.39, 0.29) is 5.76 Å². The van der Waals surface area contributed by atoms with Crippen LogP contribution in [-0.4, -0.2) is 10.1 Å². The van der Waals surface area contributed by atoms with Crippen LogP contribution in [0.5, 0.6) is 0 Å². The van der Waals surface area contributed by atoms with E-state index in [0.29, 0.717) is 6.42 Å². The summed E-state index contributed by atoms with van der Waals surface area (Å²) in [6, 6.07) is 3.89. The first-order chi connectivity index (χ1) is 8.33. The Balaban J connectivity index is 1.94. The summed E-state index contributed by atoms with van der Waals surface area (Å²) in [5, 5.41) is 9.38. The average molecular weight is 225 g/mol. The van der Waals surface area contributed by atoms with Crippen molar-refractivity contribution in [1.29, 1.82) is 0 Å². The molecule has 0 saturated heterocycles. The quantitative estimate of drug-likeness (QED) is 0.798. The van der Waals surface area contributed by atoms with E-state index in [1.807, 2.05) is 12.1 Å². The third-order valence-electron chi connectivity index (χ3n) is 2.76. The highest BCUT2D eigenvalue weighted by Gasteiger charge is 2.16. The molecule has 3 nitrogen and oxygen atoms in total. The molecule has 0 saturated carbocycles. The number of hydrogen-bond acceptors (Lipinski definition) is 3. The molecule has 3 heteroatoms. The summed E-state index contributed by atoms with van der Waals surface area (Å²) in [6.07, 6.45) is 11.4. The molecule has 0 fully saturated rings. The van der Waals surface area contributed by atoms with Crippen LogP contribution < -0.4 is 0 Å². The fraction of sp³-hybridized carbons (Fsp3) is 0.0714. The van der Waals surface area contributed by atoms with Gasteiger partial charge in [-0.15, -0.1) is 0 Å². The molecule has 0 amide bonds. The number of rotatable bonds is 1. The van der Waals surface area contributed by atoms with E-state index < -0.39 is 0 Å². The van der Waals surface area contributed by atoms with E-state index in [1.54, 1.807) is 30.8 Å². The standard InChI is InChI=1S/C14H11NO2/c16-13-4-3-10-6-12(9-17-14(10)7-13)11-2-1-5-15-8-11/h1-2,4-9,16H,3H2. The van der Waals surface area contributed by atoms with Gasteiger partial charge in [-0.3, -0.25) is 4.98 Å². The van der Waals surface area contributed by atoms with Crippen LogP contribution in [0.2, 0.25) is 0 Å². The fourth-order valence-corrected chi connectivity index (χ4v) is 1.87. The minimum Gasteiger partial charge on any atom is -0.508 e. The molecule has 17 heavy (non-hydrogen) atoms. The van der Waals surface area contributed by atoms with Crippen LogP contribution in [0.4, 0.5) is 0 Å². The van der Waals surface area contributed by atoms with Crippen molar-refractivity contribution in [2.75, 3.05) is 0 Å². The maximum Gasteiger partial charge on any atom is 0.133 e. The lowest BCUT2D eigenvalue weighted by molar-refractivity contribution is 0.345. The zero-order valence-corrected chi connectivity index (χ0v) is 9.13. The van der Waals surface area contributed by atoms with E-state index >= 15 is 0 Å². The highest BCUT2D eigenvalue weighted by Crippen LogP contribution is 2.31. The lowest BCUT2D eigenvalue weighted by atomic mass is 9.98. The van der Waals surface area contributed by atoms with Crippen molar-refractivity contribution < 1.29 is 9.84 Å². The molecule has 1 aromatic rings. The summed E-state index contributed by atoms with van der Waals surface area (Å²) >= 11 is 0. The molecule has 0 atom stereocenters. The number of hydrogen-bond donors (Lipinski definition) is 1. The minimum atomic E-state index is 0.260. The van der Waals surface area contributed by atoms with Gasteiger partial charge in [-0.25, -0.2) is 0 Å². The molecule has 1 aliphatic heterocycles. The first-order valence-corrected chi connectivity index (χ1v) is 5.42. The molecule has 84 valence electrons. The Bertz CT molecular complexity index is 565. The Labute approximate surface area is 99.1 Å². The third-order valence-corrected chi connectivity index (χ3v) is 2.76. The number of fused-ring (bicyclic) bond motifs is 1. The first kappa shape index (κ1) is 9.90. The van der Waals surface area contributed by atoms with Gasteiger partial charge < -0.3 is 9.84 Å². The van der Waals surface area contributed by atoms with Gasteiger partial charge in [0, 0.05) is 29.6 Å². The smallest absolute Gasteiger partial charge is 0.133 e. The van der Waals surface area contributed by atoms with E-state index in [9.17, 15) is 5.11 Å². The van der Waals surface area contributed by atoms with Gasteiger partial charge >= 0.3 is 0 Å². The summed E-state index contributed by atoms with van der Waals surface area (Å²) < 4.78 is 5.52. The van der Waals surface area contributed by atoms with Crippen LogP contribution in [0, 0.1) is 0 Å². The van der Waals surface area contributed by atoms with Crippen LogP contribution in [0.3, 0.4) is 0 Å². The van der Waals surface area contributed by atoms with Gasteiger partial charge in [-0.2, -0.15) is 0 Å². The maximum absolute atomic E-state index is 9.38. The van der Waals surface area contributed by atoms with Crippen LogP contribution in [0.1, 0.15) is 12.0 Å². The van der Waals surface area contributed by atoms with Crippen molar-refractivity contribution in [3.8, 4) is 0 Å². The van der Waals surface area contributed by atoms with E-state index in [4.69, 9.17) is 4.74 Å². The molecular formula is C14H11NO2. The number of ether oxygens (including phenoxy) is 1. The fourth-order valence-electron chi connectivity index (χ4n) is 1.87. The first-order valence-electron chi connectivity index (χ1n) is 5.42. The Morgan fingerprint density at radius 3 is 3.06 bits per heavy atom. The molecule has 2 aliphatic rings. The lowest BCUT2D eigenvalue weighted by Gasteiger charge is -2.19. The minimum absolute atomic E-state index is 0.260. The molecule has 0 unspecified atom stereocenters. The Morgan fingerprint density at radius 1 is 1.29 bits per heavy atom. The van der Waals surface area contributed by atoms with Crippen LogP contribution in [0.25, 0.3) is 5.57 Å². The lowest BCUT2D eigenvalue weighted by Crippen LogP contribution is -2.03. The second-order valence-electron chi connectivity index (χ2n) is 3.94. The molecule has 0 bridgehead atoms. The number of nitrogens with zero attached hydrogens (tertiary/aromatic N) is 1. The molecule has 2 heterocycles. The maximum atomic E-state index is 9.38. The van der Waals surface area contributed by atoms with Crippen LogP contribution >= 0.6 is 0 Å². The summed E-state index contributed by atoms with van der Waals surface area (Å²) in [6.45, 7) is 0. The number of pyridine rings is 1. The second kappa shape index (κ2) is 3.94.